The van der Waals surface area contributed by atoms with E-state index < -0.39 is 23.4 Å². The highest BCUT2D eigenvalue weighted by atomic mass is 19.1. The van der Waals surface area contributed by atoms with E-state index in [1.54, 1.807) is 6.07 Å². The normalized spacial score (nSPS) is 12.5. The molecule has 0 aliphatic rings. The van der Waals surface area contributed by atoms with Crippen molar-refractivity contribution in [2.45, 2.75) is 6.04 Å². The molecule has 3 nitrogen and oxygen atoms in total. The Morgan fingerprint density at radius 2 is 1.76 bits per heavy atom. The largest absolute Gasteiger partial charge is 0.485 e. The molecule has 0 bridgehead atoms. The van der Waals surface area contributed by atoms with Gasteiger partial charge in [-0.3, -0.25) is 0 Å². The van der Waals surface area contributed by atoms with Gasteiger partial charge in [0.1, 0.15) is 18.0 Å². The predicted octanol–water partition coefficient (Wildman–Crippen LogP) is 3.79. The summed E-state index contributed by atoms with van der Waals surface area (Å²) in [6.07, 6.45) is 0. The first-order chi connectivity index (χ1) is 10.1. The van der Waals surface area contributed by atoms with Crippen LogP contribution in [0.3, 0.4) is 0 Å². The van der Waals surface area contributed by atoms with Gasteiger partial charge in [-0.15, -0.1) is 0 Å². The van der Waals surface area contributed by atoms with E-state index in [-0.39, 0.29) is 6.61 Å². The molecular formula is C16H13F2NO2. The molecule has 0 saturated heterocycles. The summed E-state index contributed by atoms with van der Waals surface area (Å²) in [6, 6.07) is 12.2. The molecule has 0 spiro atoms. The Hall–Kier alpha value is -2.40. The zero-order valence-electron chi connectivity index (χ0n) is 11.1. The maximum Gasteiger partial charge on any atom is 0.190 e. The van der Waals surface area contributed by atoms with Crippen molar-refractivity contribution >= 4 is 11.0 Å². The number of fused-ring (bicyclic) bond motifs is 1. The Labute approximate surface area is 119 Å². The predicted molar refractivity (Wildman–Crippen MR) is 75.0 cm³/mol. The van der Waals surface area contributed by atoms with Crippen molar-refractivity contribution in [3.05, 3.63) is 65.9 Å². The topological polar surface area (TPSA) is 48.4 Å². The van der Waals surface area contributed by atoms with Crippen molar-refractivity contribution in [1.29, 1.82) is 0 Å². The van der Waals surface area contributed by atoms with Crippen molar-refractivity contribution in [3.63, 3.8) is 0 Å². The maximum absolute atomic E-state index is 13.4. The third-order valence-electron chi connectivity index (χ3n) is 3.14. The van der Waals surface area contributed by atoms with E-state index in [1.807, 2.05) is 24.3 Å². The summed E-state index contributed by atoms with van der Waals surface area (Å²) in [4.78, 5) is 0. The van der Waals surface area contributed by atoms with Gasteiger partial charge in [0.15, 0.2) is 17.4 Å². The Morgan fingerprint density at radius 3 is 2.48 bits per heavy atom. The Morgan fingerprint density at radius 1 is 1.05 bits per heavy atom. The third-order valence-corrected chi connectivity index (χ3v) is 3.14. The summed E-state index contributed by atoms with van der Waals surface area (Å²) in [6.45, 7) is -0.0856. The lowest BCUT2D eigenvalue weighted by atomic mass is 10.2. The molecule has 0 amide bonds. The lowest BCUT2D eigenvalue weighted by Crippen LogP contribution is -2.19. The summed E-state index contributed by atoms with van der Waals surface area (Å²) in [5, 5.41) is 0.917. The van der Waals surface area contributed by atoms with Gasteiger partial charge in [0, 0.05) is 5.39 Å². The van der Waals surface area contributed by atoms with Crippen LogP contribution in [0.15, 0.2) is 52.9 Å². The maximum atomic E-state index is 13.4. The van der Waals surface area contributed by atoms with Gasteiger partial charge in [-0.25, -0.2) is 8.78 Å². The third kappa shape index (κ3) is 2.73. The molecule has 0 saturated carbocycles. The van der Waals surface area contributed by atoms with Gasteiger partial charge in [-0.2, -0.15) is 0 Å². The van der Waals surface area contributed by atoms with E-state index in [2.05, 4.69) is 0 Å². The smallest absolute Gasteiger partial charge is 0.190 e. The molecule has 2 aromatic carbocycles. The molecule has 108 valence electrons. The van der Waals surface area contributed by atoms with Crippen LogP contribution in [0.5, 0.6) is 5.75 Å². The highest BCUT2D eigenvalue weighted by molar-refractivity contribution is 5.77. The van der Waals surface area contributed by atoms with Gasteiger partial charge in [0.05, 0.1) is 6.04 Å². The first-order valence-electron chi connectivity index (χ1n) is 6.46. The highest BCUT2D eigenvalue weighted by Gasteiger charge is 2.16. The summed E-state index contributed by atoms with van der Waals surface area (Å²) < 4.78 is 37.6. The first kappa shape index (κ1) is 13.6. The van der Waals surface area contributed by atoms with Gasteiger partial charge in [-0.1, -0.05) is 24.3 Å². The molecular weight excluding hydrogens is 276 g/mol. The van der Waals surface area contributed by atoms with Gasteiger partial charge in [0.25, 0.3) is 0 Å². The average molecular weight is 289 g/mol. The van der Waals surface area contributed by atoms with Crippen molar-refractivity contribution in [3.8, 4) is 5.75 Å². The van der Waals surface area contributed by atoms with Crippen LogP contribution in [-0.4, -0.2) is 6.61 Å². The minimum absolute atomic E-state index is 0.0856. The molecule has 5 heteroatoms. The monoisotopic (exact) mass is 289 g/mol. The van der Waals surface area contributed by atoms with Crippen molar-refractivity contribution in [2.75, 3.05) is 6.61 Å². The molecule has 0 aliphatic carbocycles. The molecule has 3 rings (SSSR count). The van der Waals surface area contributed by atoms with Crippen LogP contribution in [0.4, 0.5) is 8.78 Å². The number of nitrogens with two attached hydrogens (primary N) is 1. The molecule has 1 atom stereocenters. The summed E-state index contributed by atoms with van der Waals surface area (Å²) in [5.41, 5.74) is 6.65. The van der Waals surface area contributed by atoms with Crippen LogP contribution in [-0.2, 0) is 0 Å². The lowest BCUT2D eigenvalue weighted by Gasteiger charge is -2.12. The second-order valence-corrected chi connectivity index (χ2v) is 4.65. The number of hydrogen-bond donors (Lipinski definition) is 1. The van der Waals surface area contributed by atoms with Crippen LogP contribution in [0.1, 0.15) is 11.8 Å². The number of para-hydroxylation sites is 2. The summed E-state index contributed by atoms with van der Waals surface area (Å²) in [7, 11) is 0. The van der Waals surface area contributed by atoms with Gasteiger partial charge >= 0.3 is 0 Å². The minimum Gasteiger partial charge on any atom is -0.485 e. The SMILES string of the molecule is NC(COc1c(F)cccc1F)c1cc2ccccc2o1. The van der Waals surface area contributed by atoms with Crippen molar-refractivity contribution < 1.29 is 17.9 Å². The van der Waals surface area contributed by atoms with E-state index in [9.17, 15) is 8.78 Å². The van der Waals surface area contributed by atoms with E-state index in [1.165, 1.54) is 6.07 Å². The second-order valence-electron chi connectivity index (χ2n) is 4.65. The van der Waals surface area contributed by atoms with Crippen molar-refractivity contribution in [2.24, 2.45) is 5.73 Å². The molecule has 1 heterocycles. The molecule has 0 aliphatic heterocycles. The van der Waals surface area contributed by atoms with Crippen molar-refractivity contribution in [1.82, 2.24) is 0 Å². The molecule has 0 fully saturated rings. The van der Waals surface area contributed by atoms with Crippen LogP contribution < -0.4 is 10.5 Å². The number of benzene rings is 2. The van der Waals surface area contributed by atoms with Crippen LogP contribution >= 0.6 is 0 Å². The Balaban J connectivity index is 1.75. The first-order valence-corrected chi connectivity index (χ1v) is 6.46. The Kier molecular flexibility index (Phi) is 3.58. The fraction of sp³-hybridized carbons (Fsp3) is 0.125. The van der Waals surface area contributed by atoms with E-state index in [0.717, 1.165) is 17.5 Å². The lowest BCUT2D eigenvalue weighted by molar-refractivity contribution is 0.252. The van der Waals surface area contributed by atoms with Crippen LogP contribution in [0, 0.1) is 11.6 Å². The molecule has 21 heavy (non-hydrogen) atoms. The fourth-order valence-electron chi connectivity index (χ4n) is 2.06. The van der Waals surface area contributed by atoms with E-state index >= 15 is 0 Å². The Bertz CT molecular complexity index is 717. The van der Waals surface area contributed by atoms with Crippen LogP contribution in [0.2, 0.25) is 0 Å². The molecule has 0 radical (unpaired) electrons. The van der Waals surface area contributed by atoms with Gasteiger partial charge < -0.3 is 14.9 Å². The summed E-state index contributed by atoms with van der Waals surface area (Å²) >= 11 is 0. The number of ether oxygens (including phenoxy) is 1. The zero-order chi connectivity index (χ0) is 14.8. The number of rotatable bonds is 4. The standard InChI is InChI=1S/C16H13F2NO2/c17-11-5-3-6-12(18)16(11)20-9-13(19)15-8-10-4-1-2-7-14(10)21-15/h1-8,13H,9,19H2. The van der Waals surface area contributed by atoms with Gasteiger partial charge in [-0.05, 0) is 24.3 Å². The van der Waals surface area contributed by atoms with E-state index in [4.69, 9.17) is 14.9 Å². The fourth-order valence-corrected chi connectivity index (χ4v) is 2.06. The quantitative estimate of drug-likeness (QED) is 0.795. The van der Waals surface area contributed by atoms with E-state index in [0.29, 0.717) is 11.3 Å². The number of hydrogen-bond acceptors (Lipinski definition) is 3. The molecule has 1 unspecified atom stereocenters. The molecule has 2 N–H and O–H groups in total. The minimum atomic E-state index is -0.758. The zero-order valence-corrected chi connectivity index (χ0v) is 11.1. The molecule has 3 aromatic rings. The number of halogens is 2. The second kappa shape index (κ2) is 5.54. The average Bonchev–Trinajstić information content (AvgIpc) is 2.90. The number of furan rings is 1. The van der Waals surface area contributed by atoms with Crippen LogP contribution in [0.25, 0.3) is 11.0 Å². The summed E-state index contributed by atoms with van der Waals surface area (Å²) in [5.74, 6) is -1.43. The highest BCUT2D eigenvalue weighted by Crippen LogP contribution is 2.25. The molecule has 1 aromatic heterocycles. The van der Waals surface area contributed by atoms with Gasteiger partial charge in [0.2, 0.25) is 0 Å².